The smallest absolute Gasteiger partial charge is 0.170 e. The van der Waals surface area contributed by atoms with Crippen LogP contribution < -0.4 is 16.4 Å². The molecule has 0 bridgehead atoms. The Morgan fingerprint density at radius 2 is 2.24 bits per heavy atom. The highest BCUT2D eigenvalue weighted by atomic mass is 15.4. The van der Waals surface area contributed by atoms with Gasteiger partial charge < -0.3 is 16.4 Å². The first-order valence-corrected chi connectivity index (χ1v) is 5.83. The molecule has 0 amide bonds. The monoisotopic (exact) mass is 234 g/mol. The molecular formula is C11H18N6. The Morgan fingerprint density at radius 3 is 2.71 bits per heavy atom. The van der Waals surface area contributed by atoms with Crippen LogP contribution in [-0.2, 0) is 0 Å². The van der Waals surface area contributed by atoms with E-state index in [9.17, 15) is 5.26 Å². The minimum Gasteiger partial charge on any atom is -0.383 e. The Bertz CT molecular complexity index is 455. The third-order valence-electron chi connectivity index (χ3n) is 3.05. The summed E-state index contributed by atoms with van der Waals surface area (Å²) < 4.78 is 1.69. The second-order valence-electron chi connectivity index (χ2n) is 4.73. The summed E-state index contributed by atoms with van der Waals surface area (Å²) in [5, 5.41) is 13.6. The normalized spacial score (nSPS) is 19.9. The van der Waals surface area contributed by atoms with E-state index in [0.29, 0.717) is 17.2 Å². The number of nitrogens with zero attached hydrogens (tertiary/aromatic N) is 4. The predicted molar refractivity (Wildman–Crippen MR) is 66.5 cm³/mol. The van der Waals surface area contributed by atoms with E-state index in [1.807, 2.05) is 18.7 Å². The van der Waals surface area contributed by atoms with Crippen LogP contribution in [0.15, 0.2) is 0 Å². The average Bonchev–Trinajstić information content (AvgIpc) is 2.82. The predicted octanol–water partition coefficient (Wildman–Crippen LogP) is 0.455. The molecule has 92 valence electrons. The van der Waals surface area contributed by atoms with Gasteiger partial charge in [-0.1, -0.05) is 0 Å². The molecule has 1 aliphatic rings. The second-order valence-corrected chi connectivity index (χ2v) is 4.73. The maximum Gasteiger partial charge on any atom is 0.170 e. The molecule has 4 N–H and O–H groups in total. The molecule has 1 fully saturated rings. The van der Waals surface area contributed by atoms with E-state index < -0.39 is 0 Å². The van der Waals surface area contributed by atoms with E-state index in [-0.39, 0.29) is 12.1 Å². The molecule has 0 spiro atoms. The maximum absolute atomic E-state index is 9.18. The summed E-state index contributed by atoms with van der Waals surface area (Å²) in [4.78, 5) is 2.04. The van der Waals surface area contributed by atoms with E-state index in [2.05, 4.69) is 11.2 Å². The summed E-state index contributed by atoms with van der Waals surface area (Å²) in [5.41, 5.74) is 12.3. The quantitative estimate of drug-likeness (QED) is 0.774. The number of aromatic nitrogens is 2. The van der Waals surface area contributed by atoms with Crippen LogP contribution in [0.5, 0.6) is 0 Å². The average molecular weight is 234 g/mol. The highest BCUT2D eigenvalue weighted by Crippen LogP contribution is 2.28. The lowest BCUT2D eigenvalue weighted by Crippen LogP contribution is -2.27. The molecule has 1 aromatic heterocycles. The molecule has 17 heavy (non-hydrogen) atoms. The van der Waals surface area contributed by atoms with Crippen LogP contribution in [0, 0.1) is 11.3 Å². The van der Waals surface area contributed by atoms with Gasteiger partial charge in [0.15, 0.2) is 5.82 Å². The number of hydrogen-bond acceptors (Lipinski definition) is 5. The van der Waals surface area contributed by atoms with Crippen LogP contribution in [0.1, 0.15) is 31.9 Å². The maximum atomic E-state index is 9.18. The van der Waals surface area contributed by atoms with Crippen LogP contribution in [0.3, 0.4) is 0 Å². The van der Waals surface area contributed by atoms with Crippen LogP contribution in [-0.4, -0.2) is 28.9 Å². The van der Waals surface area contributed by atoms with E-state index in [1.165, 1.54) is 0 Å². The Balaban J connectivity index is 2.40. The lowest BCUT2D eigenvalue weighted by atomic mass is 10.3. The van der Waals surface area contributed by atoms with Gasteiger partial charge in [-0.25, -0.2) is 4.68 Å². The van der Waals surface area contributed by atoms with Crippen LogP contribution in [0.2, 0.25) is 0 Å². The van der Waals surface area contributed by atoms with Crippen molar-refractivity contribution in [2.75, 3.05) is 23.7 Å². The van der Waals surface area contributed by atoms with Crippen molar-refractivity contribution in [1.82, 2.24) is 9.78 Å². The summed E-state index contributed by atoms with van der Waals surface area (Å²) >= 11 is 0. The zero-order chi connectivity index (χ0) is 12.6. The number of nitrogens with two attached hydrogens (primary N) is 2. The molecule has 1 unspecified atom stereocenters. The minimum absolute atomic E-state index is 0.145. The van der Waals surface area contributed by atoms with Crippen LogP contribution >= 0.6 is 0 Å². The third kappa shape index (κ3) is 1.94. The number of anilines is 2. The molecule has 0 radical (unpaired) electrons. The number of hydrogen-bond donors (Lipinski definition) is 2. The molecule has 0 saturated carbocycles. The highest BCUT2D eigenvalue weighted by Gasteiger charge is 2.26. The van der Waals surface area contributed by atoms with Gasteiger partial charge in [0, 0.05) is 25.2 Å². The molecular weight excluding hydrogens is 216 g/mol. The Labute approximate surface area is 101 Å². The van der Waals surface area contributed by atoms with Crippen LogP contribution in [0.4, 0.5) is 11.6 Å². The zero-order valence-corrected chi connectivity index (χ0v) is 10.2. The van der Waals surface area contributed by atoms with Gasteiger partial charge in [-0.05, 0) is 20.3 Å². The fraction of sp³-hybridized carbons (Fsp3) is 0.636. The molecule has 1 atom stereocenters. The first-order chi connectivity index (χ1) is 8.04. The molecule has 1 saturated heterocycles. The highest BCUT2D eigenvalue weighted by molar-refractivity contribution is 5.65. The van der Waals surface area contributed by atoms with Gasteiger partial charge in [-0.3, -0.25) is 0 Å². The molecule has 6 heteroatoms. The standard InChI is InChI=1S/C11H18N6/c1-7(2)17-10(14)9(5-12)11(15-17)16-4-3-8(13)6-16/h7-8H,3-4,6,13-14H2,1-2H3. The van der Waals surface area contributed by atoms with Crippen molar-refractivity contribution >= 4 is 11.6 Å². The van der Waals surface area contributed by atoms with Gasteiger partial charge >= 0.3 is 0 Å². The fourth-order valence-corrected chi connectivity index (χ4v) is 2.14. The first kappa shape index (κ1) is 11.7. The molecule has 6 nitrogen and oxygen atoms in total. The summed E-state index contributed by atoms with van der Waals surface area (Å²) in [6.45, 7) is 5.56. The van der Waals surface area contributed by atoms with Gasteiger partial charge in [0.25, 0.3) is 0 Å². The Morgan fingerprint density at radius 1 is 1.53 bits per heavy atom. The number of rotatable bonds is 2. The Kier molecular flexibility index (Phi) is 2.94. The van der Waals surface area contributed by atoms with E-state index in [1.54, 1.807) is 4.68 Å². The first-order valence-electron chi connectivity index (χ1n) is 5.83. The molecule has 2 heterocycles. The van der Waals surface area contributed by atoms with Crippen molar-refractivity contribution < 1.29 is 0 Å². The van der Waals surface area contributed by atoms with Crippen LogP contribution in [0.25, 0.3) is 0 Å². The molecule has 1 aliphatic heterocycles. The summed E-state index contributed by atoms with van der Waals surface area (Å²) in [5.74, 6) is 1.12. The lowest BCUT2D eigenvalue weighted by Gasteiger charge is -2.14. The van der Waals surface area contributed by atoms with Crippen molar-refractivity contribution in [3.63, 3.8) is 0 Å². The zero-order valence-electron chi connectivity index (χ0n) is 10.2. The van der Waals surface area contributed by atoms with Gasteiger partial charge in [0.2, 0.25) is 0 Å². The van der Waals surface area contributed by atoms with Crippen molar-refractivity contribution in [2.45, 2.75) is 32.4 Å². The molecule has 2 rings (SSSR count). The fourth-order valence-electron chi connectivity index (χ4n) is 2.14. The van der Waals surface area contributed by atoms with Crippen molar-refractivity contribution in [3.05, 3.63) is 5.56 Å². The van der Waals surface area contributed by atoms with Gasteiger partial charge in [-0.2, -0.15) is 10.4 Å². The molecule has 1 aromatic rings. The molecule has 0 aromatic carbocycles. The van der Waals surface area contributed by atoms with Gasteiger partial charge in [0.05, 0.1) is 0 Å². The second kappa shape index (κ2) is 4.26. The van der Waals surface area contributed by atoms with Gasteiger partial charge in [-0.15, -0.1) is 0 Å². The van der Waals surface area contributed by atoms with E-state index >= 15 is 0 Å². The van der Waals surface area contributed by atoms with Crippen molar-refractivity contribution in [1.29, 1.82) is 5.26 Å². The van der Waals surface area contributed by atoms with E-state index in [0.717, 1.165) is 19.5 Å². The van der Waals surface area contributed by atoms with Crippen molar-refractivity contribution in [3.8, 4) is 6.07 Å². The number of nitriles is 1. The van der Waals surface area contributed by atoms with Gasteiger partial charge in [0.1, 0.15) is 17.5 Å². The summed E-state index contributed by atoms with van der Waals surface area (Å²) in [7, 11) is 0. The van der Waals surface area contributed by atoms with E-state index in [4.69, 9.17) is 11.5 Å². The minimum atomic E-state index is 0.145. The topological polar surface area (TPSA) is 96.9 Å². The SMILES string of the molecule is CC(C)n1nc(N2CCC(N)C2)c(C#N)c1N. The van der Waals surface area contributed by atoms with Crippen molar-refractivity contribution in [2.24, 2.45) is 5.73 Å². The third-order valence-corrected chi connectivity index (χ3v) is 3.05. The largest absolute Gasteiger partial charge is 0.383 e. The summed E-state index contributed by atoms with van der Waals surface area (Å²) in [6, 6.07) is 2.44. The number of nitrogen functional groups attached to an aromatic ring is 1. The summed E-state index contributed by atoms with van der Waals surface area (Å²) in [6.07, 6.45) is 0.930. The lowest BCUT2D eigenvalue weighted by molar-refractivity contribution is 0.539. The Hall–Kier alpha value is -1.74. The molecule has 0 aliphatic carbocycles.